The fraction of sp³-hybridized carbons (Fsp3) is 0.308. The van der Waals surface area contributed by atoms with Crippen LogP contribution in [0.15, 0.2) is 60.3 Å². The first kappa shape index (κ1) is 20.4. The summed E-state index contributed by atoms with van der Waals surface area (Å²) in [4.78, 5) is 31.7. The zero-order valence-corrected chi connectivity index (χ0v) is 18.0. The standard InChI is InChI=1S/C26H26N2O4/c1-32-21-14-8-6-12-18(21)24(29)22-23(19-15-27-20-13-7-5-11-17(19)20)28(26(31)25(22)30)16-9-3-2-4-10-16/h5-8,11-16,23,27,29H,2-4,9-10H2,1H3/b24-22+. The SMILES string of the molecule is COc1ccccc1/C(O)=C1\C(=O)C(=O)N(C2CCCCC2)C1c1c[nH]c2ccccc12. The number of amides is 1. The van der Waals surface area contributed by atoms with E-state index in [2.05, 4.69) is 4.98 Å². The molecular formula is C26H26N2O4. The third-order valence-corrected chi connectivity index (χ3v) is 6.73. The molecule has 0 spiro atoms. The number of methoxy groups -OCH3 is 1. The lowest BCUT2D eigenvalue weighted by Gasteiger charge is -2.35. The number of rotatable bonds is 4. The molecule has 1 atom stereocenters. The van der Waals surface area contributed by atoms with Gasteiger partial charge in [-0.2, -0.15) is 0 Å². The molecule has 2 heterocycles. The number of ketones is 1. The fourth-order valence-corrected chi connectivity index (χ4v) is 5.20. The Morgan fingerprint density at radius 2 is 1.75 bits per heavy atom. The van der Waals surface area contributed by atoms with Crippen LogP contribution in [-0.2, 0) is 9.59 Å². The van der Waals surface area contributed by atoms with Gasteiger partial charge in [0.25, 0.3) is 11.7 Å². The van der Waals surface area contributed by atoms with Crippen molar-refractivity contribution in [2.75, 3.05) is 7.11 Å². The van der Waals surface area contributed by atoms with Gasteiger partial charge in [0.1, 0.15) is 11.5 Å². The van der Waals surface area contributed by atoms with Gasteiger partial charge in [0, 0.05) is 28.7 Å². The maximum Gasteiger partial charge on any atom is 0.295 e. The minimum absolute atomic E-state index is 0.0261. The Labute approximate surface area is 186 Å². The van der Waals surface area contributed by atoms with E-state index in [9.17, 15) is 14.7 Å². The Kier molecular flexibility index (Phi) is 5.21. The second-order valence-electron chi connectivity index (χ2n) is 8.49. The average molecular weight is 431 g/mol. The lowest BCUT2D eigenvalue weighted by atomic mass is 9.90. The molecule has 3 aromatic rings. The minimum Gasteiger partial charge on any atom is -0.507 e. The molecule has 6 heteroatoms. The van der Waals surface area contributed by atoms with E-state index in [1.807, 2.05) is 30.5 Å². The normalized spacial score (nSPS) is 21.4. The van der Waals surface area contributed by atoms with Gasteiger partial charge >= 0.3 is 0 Å². The zero-order chi connectivity index (χ0) is 22.2. The van der Waals surface area contributed by atoms with E-state index in [1.54, 1.807) is 29.2 Å². The van der Waals surface area contributed by atoms with Crippen LogP contribution in [0.1, 0.15) is 49.3 Å². The molecule has 0 radical (unpaired) electrons. The minimum atomic E-state index is -0.654. The summed E-state index contributed by atoms with van der Waals surface area (Å²) in [5.74, 6) is -0.932. The number of fused-ring (bicyclic) bond motifs is 1. The maximum atomic E-state index is 13.4. The number of aromatic nitrogens is 1. The monoisotopic (exact) mass is 430 g/mol. The number of aliphatic hydroxyl groups excluding tert-OH is 1. The first-order valence-electron chi connectivity index (χ1n) is 11.1. The van der Waals surface area contributed by atoms with Gasteiger partial charge in [-0.15, -0.1) is 0 Å². The Bertz CT molecular complexity index is 1220. The van der Waals surface area contributed by atoms with Gasteiger partial charge in [-0.25, -0.2) is 0 Å². The number of carbonyl (C=O) groups is 2. The predicted octanol–water partition coefficient (Wildman–Crippen LogP) is 4.93. The number of likely N-dealkylation sites (tertiary alicyclic amines) is 1. The van der Waals surface area contributed by atoms with Crippen molar-refractivity contribution >= 4 is 28.4 Å². The molecule has 1 aliphatic heterocycles. The predicted molar refractivity (Wildman–Crippen MR) is 122 cm³/mol. The lowest BCUT2D eigenvalue weighted by Crippen LogP contribution is -2.40. The first-order valence-corrected chi connectivity index (χ1v) is 11.1. The van der Waals surface area contributed by atoms with Crippen LogP contribution in [0.3, 0.4) is 0 Å². The molecule has 1 saturated heterocycles. The molecule has 2 fully saturated rings. The Morgan fingerprint density at radius 3 is 2.53 bits per heavy atom. The molecule has 0 bridgehead atoms. The lowest BCUT2D eigenvalue weighted by molar-refractivity contribution is -0.141. The van der Waals surface area contributed by atoms with Gasteiger partial charge in [-0.05, 0) is 31.0 Å². The number of carbonyl (C=O) groups excluding carboxylic acids is 2. The second-order valence-corrected chi connectivity index (χ2v) is 8.49. The Balaban J connectivity index is 1.74. The van der Waals surface area contributed by atoms with Crippen molar-refractivity contribution in [2.24, 2.45) is 0 Å². The van der Waals surface area contributed by atoms with Crippen molar-refractivity contribution in [1.82, 2.24) is 9.88 Å². The number of Topliss-reactive ketones (excluding diaryl/α,β-unsaturated/α-hetero) is 1. The van der Waals surface area contributed by atoms with E-state index >= 15 is 0 Å². The molecule has 1 aromatic heterocycles. The maximum absolute atomic E-state index is 13.4. The molecule has 32 heavy (non-hydrogen) atoms. The van der Waals surface area contributed by atoms with Crippen LogP contribution in [0, 0.1) is 0 Å². The Morgan fingerprint density at radius 1 is 1.03 bits per heavy atom. The molecule has 1 saturated carbocycles. The number of H-pyrrole nitrogens is 1. The molecule has 2 aliphatic rings. The highest BCUT2D eigenvalue weighted by Crippen LogP contribution is 2.45. The third kappa shape index (κ3) is 3.18. The topological polar surface area (TPSA) is 82.6 Å². The molecule has 1 aliphatic carbocycles. The highest BCUT2D eigenvalue weighted by atomic mass is 16.5. The van der Waals surface area contributed by atoms with Gasteiger partial charge in [0.15, 0.2) is 0 Å². The van der Waals surface area contributed by atoms with Gasteiger partial charge in [0.2, 0.25) is 0 Å². The molecule has 1 amide bonds. The van der Waals surface area contributed by atoms with E-state index in [4.69, 9.17) is 4.74 Å². The van der Waals surface area contributed by atoms with Crippen LogP contribution in [0.2, 0.25) is 0 Å². The third-order valence-electron chi connectivity index (χ3n) is 6.73. The second kappa shape index (κ2) is 8.19. The molecule has 2 N–H and O–H groups in total. The summed E-state index contributed by atoms with van der Waals surface area (Å²) in [6.07, 6.45) is 6.77. The quantitative estimate of drug-likeness (QED) is 0.349. The largest absolute Gasteiger partial charge is 0.507 e. The van der Waals surface area contributed by atoms with Crippen LogP contribution in [0.5, 0.6) is 5.75 Å². The van der Waals surface area contributed by atoms with Crippen LogP contribution in [-0.4, -0.2) is 39.8 Å². The van der Waals surface area contributed by atoms with Crippen molar-refractivity contribution in [3.8, 4) is 5.75 Å². The van der Waals surface area contributed by atoms with E-state index in [1.165, 1.54) is 7.11 Å². The van der Waals surface area contributed by atoms with E-state index < -0.39 is 17.7 Å². The number of aliphatic hydroxyl groups is 1. The zero-order valence-electron chi connectivity index (χ0n) is 18.0. The molecule has 5 rings (SSSR count). The summed E-state index contributed by atoms with van der Waals surface area (Å²) < 4.78 is 5.42. The van der Waals surface area contributed by atoms with E-state index in [0.29, 0.717) is 11.3 Å². The number of hydrogen-bond acceptors (Lipinski definition) is 4. The number of ether oxygens (including phenoxy) is 1. The van der Waals surface area contributed by atoms with Crippen LogP contribution < -0.4 is 4.74 Å². The highest BCUT2D eigenvalue weighted by Gasteiger charge is 2.49. The number of hydrogen-bond donors (Lipinski definition) is 2. The fourth-order valence-electron chi connectivity index (χ4n) is 5.20. The average Bonchev–Trinajstić information content (AvgIpc) is 3.37. The van der Waals surface area contributed by atoms with Gasteiger partial charge in [-0.3, -0.25) is 9.59 Å². The van der Waals surface area contributed by atoms with Crippen LogP contribution >= 0.6 is 0 Å². The number of aromatic amines is 1. The summed E-state index contributed by atoms with van der Waals surface area (Å²) in [6, 6.07) is 14.1. The summed E-state index contributed by atoms with van der Waals surface area (Å²) in [5, 5.41) is 12.3. The van der Waals surface area contributed by atoms with E-state index in [-0.39, 0.29) is 17.4 Å². The van der Waals surface area contributed by atoms with Gasteiger partial charge in [0.05, 0.1) is 24.3 Å². The van der Waals surface area contributed by atoms with Crippen molar-refractivity contribution in [2.45, 2.75) is 44.2 Å². The van der Waals surface area contributed by atoms with Crippen molar-refractivity contribution in [1.29, 1.82) is 0 Å². The summed E-state index contributed by atoms with van der Waals surface area (Å²) in [5.41, 5.74) is 2.27. The summed E-state index contributed by atoms with van der Waals surface area (Å²) in [7, 11) is 1.52. The molecule has 164 valence electrons. The molecule has 6 nitrogen and oxygen atoms in total. The molecule has 1 unspecified atom stereocenters. The summed E-state index contributed by atoms with van der Waals surface area (Å²) >= 11 is 0. The van der Waals surface area contributed by atoms with Crippen molar-refractivity contribution in [3.63, 3.8) is 0 Å². The first-order chi connectivity index (χ1) is 15.6. The molecular weight excluding hydrogens is 404 g/mol. The van der Waals surface area contributed by atoms with Crippen molar-refractivity contribution in [3.05, 3.63) is 71.4 Å². The van der Waals surface area contributed by atoms with E-state index in [0.717, 1.165) is 48.6 Å². The van der Waals surface area contributed by atoms with Crippen LogP contribution in [0.4, 0.5) is 0 Å². The number of benzene rings is 2. The number of nitrogens with zero attached hydrogens (tertiary/aromatic N) is 1. The Hall–Kier alpha value is -3.54. The number of para-hydroxylation sites is 2. The smallest absolute Gasteiger partial charge is 0.295 e. The van der Waals surface area contributed by atoms with Crippen molar-refractivity contribution < 1.29 is 19.4 Å². The molecule has 2 aromatic carbocycles. The highest BCUT2D eigenvalue weighted by molar-refractivity contribution is 6.46. The number of nitrogens with one attached hydrogen (secondary N) is 1. The van der Waals surface area contributed by atoms with Gasteiger partial charge < -0.3 is 19.7 Å². The van der Waals surface area contributed by atoms with Gasteiger partial charge in [-0.1, -0.05) is 49.6 Å². The van der Waals surface area contributed by atoms with Crippen LogP contribution in [0.25, 0.3) is 16.7 Å². The summed E-state index contributed by atoms with van der Waals surface area (Å²) in [6.45, 7) is 0.